The quantitative estimate of drug-likeness (QED) is 0.480. The van der Waals surface area contributed by atoms with Crippen molar-refractivity contribution < 1.29 is 9.59 Å². The minimum atomic E-state index is -0.339. The van der Waals surface area contributed by atoms with Gasteiger partial charge in [0.25, 0.3) is 0 Å². The van der Waals surface area contributed by atoms with Crippen molar-refractivity contribution in [2.75, 3.05) is 5.32 Å². The molecule has 0 aliphatic rings. The maximum Gasteiger partial charge on any atom is 0.250 e. The molecule has 3 aromatic rings. The molecule has 3 rings (SSSR count). The molecule has 0 aliphatic heterocycles. The van der Waals surface area contributed by atoms with Crippen molar-refractivity contribution in [1.82, 2.24) is 4.98 Å². The lowest BCUT2D eigenvalue weighted by atomic mass is 10.1. The number of nitrogens with one attached hydrogen (secondary N) is 1. The number of amides is 1. The largest absolute Gasteiger partial charge is 0.298 e. The Balaban J connectivity index is 1.81. The molecule has 0 saturated carbocycles. The van der Waals surface area contributed by atoms with E-state index in [-0.39, 0.29) is 11.7 Å². The van der Waals surface area contributed by atoms with Gasteiger partial charge in [-0.15, -0.1) is 0 Å². The van der Waals surface area contributed by atoms with E-state index in [9.17, 15) is 9.59 Å². The molecule has 1 aromatic heterocycles. The molecule has 26 heavy (non-hydrogen) atoms. The van der Waals surface area contributed by atoms with Gasteiger partial charge >= 0.3 is 0 Å². The molecule has 0 saturated heterocycles. The van der Waals surface area contributed by atoms with Gasteiger partial charge in [-0.3, -0.25) is 14.9 Å². The Morgan fingerprint density at radius 2 is 1.77 bits per heavy atom. The summed E-state index contributed by atoms with van der Waals surface area (Å²) in [7, 11) is 0. The first-order chi connectivity index (χ1) is 12.5. The molecule has 0 radical (unpaired) electrons. The van der Waals surface area contributed by atoms with Crippen molar-refractivity contribution in [2.45, 2.75) is 6.92 Å². The first-order valence-corrected chi connectivity index (χ1v) is 9.05. The molecule has 130 valence electrons. The number of Topliss-reactive ketones (excluding diaryl/α,β-unsaturated/α-hetero) is 1. The molecule has 4 nitrogen and oxygen atoms in total. The van der Waals surface area contributed by atoms with Crippen molar-refractivity contribution in [1.29, 1.82) is 0 Å². The molecule has 6 heteroatoms. The summed E-state index contributed by atoms with van der Waals surface area (Å²) in [5.74, 6) is -0.429. The molecule has 0 spiro atoms. The molecule has 0 atom stereocenters. The minimum Gasteiger partial charge on any atom is -0.298 e. The van der Waals surface area contributed by atoms with E-state index < -0.39 is 0 Å². The summed E-state index contributed by atoms with van der Waals surface area (Å²) in [5.41, 5.74) is 2.16. The van der Waals surface area contributed by atoms with Crippen LogP contribution in [0.4, 0.5) is 5.13 Å². The molecule has 2 aromatic carbocycles. The van der Waals surface area contributed by atoms with Crippen LogP contribution in [0.15, 0.2) is 60.7 Å². The van der Waals surface area contributed by atoms with Crippen LogP contribution in [0.1, 0.15) is 22.2 Å². The van der Waals surface area contributed by atoms with Gasteiger partial charge in [0.05, 0.1) is 10.6 Å². The number of halogens is 1. The van der Waals surface area contributed by atoms with Gasteiger partial charge < -0.3 is 0 Å². The van der Waals surface area contributed by atoms with Crippen molar-refractivity contribution in [2.24, 2.45) is 0 Å². The van der Waals surface area contributed by atoms with Gasteiger partial charge in [-0.2, -0.15) is 0 Å². The fourth-order valence-electron chi connectivity index (χ4n) is 2.33. The van der Waals surface area contributed by atoms with Crippen LogP contribution < -0.4 is 5.32 Å². The van der Waals surface area contributed by atoms with Crippen molar-refractivity contribution in [3.05, 3.63) is 76.1 Å². The van der Waals surface area contributed by atoms with Gasteiger partial charge in [0.1, 0.15) is 0 Å². The normalized spacial score (nSPS) is 10.8. The maximum atomic E-state index is 12.2. The van der Waals surface area contributed by atoms with Crippen molar-refractivity contribution in [3.8, 4) is 11.3 Å². The van der Waals surface area contributed by atoms with Gasteiger partial charge in [0.15, 0.2) is 10.9 Å². The summed E-state index contributed by atoms with van der Waals surface area (Å²) in [4.78, 5) is 29.0. The number of anilines is 1. The highest BCUT2D eigenvalue weighted by atomic mass is 35.5. The number of aromatic nitrogens is 1. The summed E-state index contributed by atoms with van der Waals surface area (Å²) in [5, 5.41) is 3.65. The zero-order valence-electron chi connectivity index (χ0n) is 13.9. The first-order valence-electron chi connectivity index (χ1n) is 7.85. The number of hydrogen-bond donors (Lipinski definition) is 1. The second kappa shape index (κ2) is 8.08. The molecule has 1 heterocycles. The van der Waals surface area contributed by atoms with E-state index in [1.807, 2.05) is 48.5 Å². The molecular formula is C20H15ClN2O2S. The molecule has 1 amide bonds. The second-order valence-corrected chi connectivity index (χ2v) is 6.87. The molecule has 0 unspecified atom stereocenters. The highest BCUT2D eigenvalue weighted by Gasteiger charge is 2.17. The monoisotopic (exact) mass is 382 g/mol. The Morgan fingerprint density at radius 3 is 2.46 bits per heavy atom. The highest BCUT2D eigenvalue weighted by Crippen LogP contribution is 2.31. The molecule has 1 N–H and O–H groups in total. The lowest BCUT2D eigenvalue weighted by molar-refractivity contribution is -0.111. The fraction of sp³-hybridized carbons (Fsp3) is 0.0500. The van der Waals surface area contributed by atoms with Gasteiger partial charge in [-0.25, -0.2) is 4.98 Å². The van der Waals surface area contributed by atoms with E-state index in [4.69, 9.17) is 11.6 Å². The lowest BCUT2D eigenvalue weighted by Gasteiger charge is -1.98. The van der Waals surface area contributed by atoms with E-state index in [0.717, 1.165) is 22.5 Å². The number of thiazole rings is 1. The highest BCUT2D eigenvalue weighted by molar-refractivity contribution is 7.18. The zero-order chi connectivity index (χ0) is 18.5. The second-order valence-electron chi connectivity index (χ2n) is 5.46. The predicted octanol–water partition coefficient (Wildman–Crippen LogP) is 5.32. The van der Waals surface area contributed by atoms with E-state index in [0.29, 0.717) is 20.7 Å². The van der Waals surface area contributed by atoms with Gasteiger partial charge in [-0.1, -0.05) is 71.5 Å². The molecule has 0 fully saturated rings. The van der Waals surface area contributed by atoms with Gasteiger partial charge in [0, 0.05) is 23.6 Å². The number of nitrogens with zero attached hydrogens (tertiary/aromatic N) is 1. The number of ketones is 1. The summed E-state index contributed by atoms with van der Waals surface area (Å²) in [6.45, 7) is 1.49. The Labute approximate surface area is 160 Å². The number of rotatable bonds is 5. The summed E-state index contributed by atoms with van der Waals surface area (Å²) in [6.07, 6.45) is 3.02. The van der Waals surface area contributed by atoms with Crippen LogP contribution in [0.25, 0.3) is 17.3 Å². The van der Waals surface area contributed by atoms with E-state index in [1.165, 1.54) is 13.0 Å². The maximum absolute atomic E-state index is 12.2. The molecular weight excluding hydrogens is 368 g/mol. The minimum absolute atomic E-state index is 0.0894. The number of hydrogen-bond acceptors (Lipinski definition) is 4. The van der Waals surface area contributed by atoms with Crippen LogP contribution >= 0.6 is 22.9 Å². The van der Waals surface area contributed by atoms with E-state index in [1.54, 1.807) is 12.1 Å². The summed E-state index contributed by atoms with van der Waals surface area (Å²) in [6, 6.07) is 16.6. The first kappa shape index (κ1) is 18.0. The third-order valence-corrected chi connectivity index (χ3v) is 4.96. The number of carbonyl (C=O) groups excluding carboxylic acids is 2. The summed E-state index contributed by atoms with van der Waals surface area (Å²) < 4.78 is 0. The summed E-state index contributed by atoms with van der Waals surface area (Å²) >= 11 is 7.23. The molecule has 0 bridgehead atoms. The average molecular weight is 383 g/mol. The van der Waals surface area contributed by atoms with Gasteiger partial charge in [0.2, 0.25) is 5.91 Å². The van der Waals surface area contributed by atoms with Gasteiger partial charge in [-0.05, 0) is 17.7 Å². The van der Waals surface area contributed by atoms with Crippen LogP contribution in [-0.4, -0.2) is 16.7 Å². The smallest absolute Gasteiger partial charge is 0.250 e. The van der Waals surface area contributed by atoms with Crippen molar-refractivity contribution in [3.63, 3.8) is 0 Å². The topological polar surface area (TPSA) is 59.1 Å². The van der Waals surface area contributed by atoms with Crippen LogP contribution in [0.2, 0.25) is 5.02 Å². The van der Waals surface area contributed by atoms with E-state index in [2.05, 4.69) is 10.3 Å². The van der Waals surface area contributed by atoms with Crippen LogP contribution in [0, 0.1) is 0 Å². The Morgan fingerprint density at radius 1 is 1.08 bits per heavy atom. The predicted molar refractivity (Wildman–Crippen MR) is 107 cm³/mol. The third-order valence-electron chi connectivity index (χ3n) is 3.54. The van der Waals surface area contributed by atoms with Crippen LogP contribution in [0.3, 0.4) is 0 Å². The fourth-order valence-corrected chi connectivity index (χ4v) is 3.41. The Bertz CT molecular complexity index is 980. The Hall–Kier alpha value is -2.76. The van der Waals surface area contributed by atoms with Crippen LogP contribution in [-0.2, 0) is 4.79 Å². The third kappa shape index (κ3) is 4.25. The SMILES string of the molecule is CC(=O)c1sc(NC(=O)C=Cc2ccccc2Cl)nc1-c1ccccc1. The lowest BCUT2D eigenvalue weighted by Crippen LogP contribution is -2.07. The molecule has 0 aliphatic carbocycles. The number of benzene rings is 2. The number of carbonyl (C=O) groups is 2. The Kier molecular flexibility index (Phi) is 5.61. The van der Waals surface area contributed by atoms with Crippen molar-refractivity contribution >= 4 is 45.8 Å². The zero-order valence-corrected chi connectivity index (χ0v) is 15.5. The standard InChI is InChI=1S/C20H15ClN2O2S/c1-13(24)19-18(15-8-3-2-4-9-15)23-20(26-19)22-17(25)12-11-14-7-5-6-10-16(14)21/h2-12H,1H3,(H,22,23,25). The van der Waals surface area contributed by atoms with E-state index >= 15 is 0 Å². The average Bonchev–Trinajstić information content (AvgIpc) is 3.06. The van der Waals surface area contributed by atoms with Crippen LogP contribution in [0.5, 0.6) is 0 Å².